The van der Waals surface area contributed by atoms with Crippen molar-refractivity contribution >= 4 is 181 Å². The van der Waals surface area contributed by atoms with E-state index in [1.807, 2.05) is 0 Å². The Morgan fingerprint density at radius 2 is 0.164 bits per heavy atom. The van der Waals surface area contributed by atoms with E-state index in [0.29, 0.717) is 0 Å². The number of aliphatic hydroxyl groups is 24. The average Bonchev–Trinajstić information content (AvgIpc) is 2.69. The largest absolute Gasteiger partial charge is 0.457 e. The Kier molecular flexibility index (Phi) is 367. The van der Waals surface area contributed by atoms with Gasteiger partial charge in [-0.2, -0.15) is 0 Å². The van der Waals surface area contributed by atoms with Gasteiger partial charge in [-0.1, -0.05) is 0 Å². The first-order valence-electron chi connectivity index (χ1n) is 8.20. The molecule has 0 bridgehead atoms. The molecule has 36 nitrogen and oxygen atoms in total. The van der Waals surface area contributed by atoms with Gasteiger partial charge in [-0.3, -0.25) is 0 Å². The number of hydrogen-bond donors (Lipinski definition) is 24. The Balaban J connectivity index is -0.00000000799. The van der Waals surface area contributed by atoms with Gasteiger partial charge in [0.25, 0.3) is 0 Å². The van der Waals surface area contributed by atoms with Gasteiger partial charge in [0.2, 0.25) is 75.5 Å². The average molecular weight is 1590 g/mol. The van der Waals surface area contributed by atoms with Crippen LogP contribution in [0.3, 0.4) is 0 Å². The Morgan fingerprint density at radius 3 is 0.164 bits per heavy atom. The predicted molar refractivity (Wildman–Crippen MR) is 194 cm³/mol. The molecule has 43 heteroatoms. The molecule has 0 rings (SSSR count). The molecule has 0 aliphatic heterocycles. The third kappa shape index (κ3) is 229. The van der Waals surface area contributed by atoms with Crippen LogP contribution < -0.4 is 0 Å². The van der Waals surface area contributed by atoms with Gasteiger partial charge in [-0.15, -0.1) is 0 Å². The Bertz CT molecular complexity index is 288. The van der Waals surface area contributed by atoms with Gasteiger partial charge in [0.1, 0.15) is 0 Å². The summed E-state index contributed by atoms with van der Waals surface area (Å²) in [6, 6.07) is 0. The molecule has 0 atom stereocenters. The molecular formula is C12H69In7O36+6. The molecule has 348 valence electrons. The normalized spacial score (nSPS) is 7.20. The first-order chi connectivity index (χ1) is 15.9. The summed E-state index contributed by atoms with van der Waals surface area (Å²) < 4.78 is 0. The van der Waals surface area contributed by atoms with E-state index in [0.717, 1.165) is 0 Å². The first-order valence-corrected chi connectivity index (χ1v) is 8.20. The van der Waals surface area contributed by atoms with Gasteiger partial charge < -0.3 is 188 Å². The van der Waals surface area contributed by atoms with E-state index >= 15 is 0 Å². The Hall–Kier alpha value is 4.65. The minimum atomic E-state index is -2.04. The van der Waals surface area contributed by atoms with Crippen molar-refractivity contribution < 1.29 is 188 Å². The second kappa shape index (κ2) is 118. The maximum absolute atomic E-state index is 7.69. The molecule has 55 heavy (non-hydrogen) atoms. The molecule has 18 radical (unpaired) electrons. The monoisotopic (exact) mass is 1590 g/mol. The quantitative estimate of drug-likeness (QED) is 0.0867. The number of aliphatic hydroxyl groups excluding tert-OH is 12. The fraction of sp³-hybridized carbons (Fsp3) is 1.00. The summed E-state index contributed by atoms with van der Waals surface area (Å²) in [6.07, 6.45) is -24.4. The second-order valence-corrected chi connectivity index (χ2v) is 4.96. The van der Waals surface area contributed by atoms with Crippen LogP contribution in [0.2, 0.25) is 0 Å². The summed E-state index contributed by atoms with van der Waals surface area (Å²) in [5.74, 6) is 0. The Labute approximate surface area is 439 Å². The van der Waals surface area contributed by atoms with Crippen molar-refractivity contribution in [3.05, 3.63) is 0 Å². The van der Waals surface area contributed by atoms with E-state index < -0.39 is 75.5 Å². The van der Waals surface area contributed by atoms with Crippen molar-refractivity contribution in [3.63, 3.8) is 0 Å². The molecule has 0 aromatic rings. The molecule has 0 aromatic heterocycles. The van der Waals surface area contributed by atoms with E-state index in [1.54, 1.807) is 0 Å². The van der Waals surface area contributed by atoms with Gasteiger partial charge >= 0.3 is 77.5 Å². The fourth-order valence-electron chi connectivity index (χ4n) is 0. The summed E-state index contributed by atoms with van der Waals surface area (Å²) in [4.78, 5) is 0. The first kappa shape index (κ1) is 171. The van der Waals surface area contributed by atoms with Crippen molar-refractivity contribution in [2.24, 2.45) is 0 Å². The topological polar surface area (TPSA) is 873 Å². The number of hydrogen-bond acceptors (Lipinski definition) is 24. The second-order valence-electron chi connectivity index (χ2n) is 4.96. The molecule has 54 N–H and O–H groups in total. The summed E-state index contributed by atoms with van der Waals surface area (Å²) >= 11 is 0. The van der Waals surface area contributed by atoms with Crippen LogP contribution in [0, 0.1) is 0 Å². The van der Waals surface area contributed by atoms with Crippen molar-refractivity contribution in [1.82, 2.24) is 0 Å². The van der Waals surface area contributed by atoms with E-state index in [9.17, 15) is 0 Å². The molecule has 0 aliphatic carbocycles. The smallest absolute Gasteiger partial charge is 0 e. The molecule has 0 amide bonds. The summed E-state index contributed by atoms with van der Waals surface area (Å²) in [5, 5.41) is 184. The van der Waals surface area contributed by atoms with Crippen molar-refractivity contribution in [2.45, 2.75) is 75.5 Å². The zero-order chi connectivity index (χ0) is 30.9. The van der Waals surface area contributed by atoms with Crippen molar-refractivity contribution in [1.29, 1.82) is 0 Å². The summed E-state index contributed by atoms with van der Waals surface area (Å²) in [7, 11) is 0. The maximum Gasteiger partial charge on any atom is 0 e. The molecule has 0 fully saturated rings. The summed E-state index contributed by atoms with van der Waals surface area (Å²) in [6.45, 7) is 0. The van der Waals surface area contributed by atoms with E-state index in [1.165, 1.54) is 0 Å². The van der Waals surface area contributed by atoms with Crippen LogP contribution >= 0.6 is 0 Å². The molecule has 0 saturated heterocycles. The molecule has 0 heterocycles. The van der Waals surface area contributed by atoms with Gasteiger partial charge in [0.05, 0.1) is 0 Å². The third-order valence-corrected chi connectivity index (χ3v) is 1.60. The van der Waals surface area contributed by atoms with Crippen LogP contribution in [0.5, 0.6) is 0 Å². The van der Waals surface area contributed by atoms with Crippen molar-refractivity contribution in [3.8, 4) is 0 Å². The van der Waals surface area contributed by atoms with Gasteiger partial charge in [0.15, 0.2) is 0 Å². The van der Waals surface area contributed by atoms with E-state index in [4.69, 9.17) is 123 Å². The molecule has 0 aliphatic rings. The van der Waals surface area contributed by atoms with Crippen LogP contribution in [0.4, 0.5) is 0 Å². The molecular weight excluding hydrogens is 1520 g/mol. The molecule has 0 spiro atoms. The van der Waals surface area contributed by atoms with E-state index in [2.05, 4.69) is 0 Å². The minimum absolute atomic E-state index is 0. The molecule has 0 unspecified atom stereocenters. The zero-order valence-corrected chi connectivity index (χ0v) is 53.8. The maximum atomic E-state index is 7.69. The fourth-order valence-corrected chi connectivity index (χ4v) is 0. The number of rotatable bonds is 6. The van der Waals surface area contributed by atoms with Crippen LogP contribution in [0.25, 0.3) is 0 Å². The molecule has 0 saturated carbocycles. The molecule has 0 aromatic carbocycles. The van der Waals surface area contributed by atoms with Gasteiger partial charge in [-0.25, -0.2) is 0 Å². The zero-order valence-electron chi connectivity index (χ0n) is 28.6. The third-order valence-electron chi connectivity index (χ3n) is 1.60. The standard InChI is InChI=1S/6C2H6O4.7In.12H2O.3H/c6*3-1(4)2(5)6;;;;;;;;;;;;;;;;;;;;;;/h6*1-6H;;;;;;;;12*1H2;;;/p+6. The van der Waals surface area contributed by atoms with Crippen LogP contribution in [0.1, 0.15) is 0 Å². The summed E-state index contributed by atoms with van der Waals surface area (Å²) in [5.41, 5.74) is 0. The minimum Gasteiger partial charge on any atom is -0.457 e. The van der Waals surface area contributed by atoms with Gasteiger partial charge in [-0.05, 0) is 0 Å². The predicted octanol–water partition coefficient (Wildman–Crippen LogP) is -28.3. The van der Waals surface area contributed by atoms with E-state index in [-0.39, 0.29) is 247 Å². The Morgan fingerprint density at radius 1 is 0.145 bits per heavy atom. The van der Waals surface area contributed by atoms with Crippen LogP contribution in [-0.2, 0) is 32.9 Å². The van der Waals surface area contributed by atoms with Gasteiger partial charge in [0, 0.05) is 103 Å². The SMILES string of the molecule is O.O.O.O.O.O.OC(O)C(O)O.OC(O)C(O)O.OC(O)C(O)O.OC(O)C(O)O.OC(O)C(O)O.OC(O)C(O)O.[InH].[InH].[InH].[In].[In].[In].[In].[OH3+].[OH3+].[OH3+].[OH3+].[OH3+].[OH3+]. The van der Waals surface area contributed by atoms with Crippen LogP contribution in [-0.4, -0.2) is 412 Å². The van der Waals surface area contributed by atoms with Crippen molar-refractivity contribution in [2.75, 3.05) is 0 Å². The van der Waals surface area contributed by atoms with Crippen LogP contribution in [0.15, 0.2) is 0 Å².